The fourth-order valence-electron chi connectivity index (χ4n) is 1.20. The van der Waals surface area contributed by atoms with Crippen molar-refractivity contribution in [3.63, 3.8) is 0 Å². The van der Waals surface area contributed by atoms with Crippen LogP contribution in [0.15, 0.2) is 24.3 Å². The molecule has 1 atom stereocenters. The summed E-state index contributed by atoms with van der Waals surface area (Å²) in [6, 6.07) is 7.27. The van der Waals surface area contributed by atoms with E-state index in [0.29, 0.717) is 16.4 Å². The van der Waals surface area contributed by atoms with Gasteiger partial charge in [-0.2, -0.15) is 0 Å². The third-order valence-electron chi connectivity index (χ3n) is 2.00. The molecule has 0 radical (unpaired) electrons. The number of thiocarbonyl (C=S) groups is 1. The van der Waals surface area contributed by atoms with Crippen LogP contribution in [0.3, 0.4) is 0 Å². The van der Waals surface area contributed by atoms with Gasteiger partial charge >= 0.3 is 0 Å². The summed E-state index contributed by atoms with van der Waals surface area (Å²) in [6.45, 7) is 2.04. The van der Waals surface area contributed by atoms with Crippen molar-refractivity contribution in [3.8, 4) is 5.75 Å². The first-order chi connectivity index (χ1) is 7.11. The van der Waals surface area contributed by atoms with Gasteiger partial charge in [-0.05, 0) is 30.7 Å². The number of benzene rings is 1. The number of hydrogen-bond acceptors (Lipinski definition) is 2. The predicted molar refractivity (Wildman–Crippen MR) is 67.6 cm³/mol. The van der Waals surface area contributed by atoms with Crippen LogP contribution in [0.25, 0.3) is 0 Å². The van der Waals surface area contributed by atoms with E-state index in [-0.39, 0.29) is 6.10 Å². The molecule has 1 aromatic rings. The standard InChI is InChI=1S/C11H14ClNOS/c1-2-9(7-11(13)15)14-10-5-3-8(12)4-6-10/h3-6,9H,2,7H2,1H3,(H2,13,15). The zero-order valence-corrected chi connectivity index (χ0v) is 10.1. The average molecular weight is 244 g/mol. The van der Waals surface area contributed by atoms with Gasteiger partial charge in [-0.3, -0.25) is 0 Å². The minimum Gasteiger partial charge on any atom is -0.490 e. The summed E-state index contributed by atoms with van der Waals surface area (Å²) < 4.78 is 5.70. The summed E-state index contributed by atoms with van der Waals surface area (Å²) in [7, 11) is 0. The van der Waals surface area contributed by atoms with Crippen molar-refractivity contribution in [1.29, 1.82) is 0 Å². The Morgan fingerprint density at radius 2 is 2.07 bits per heavy atom. The molecule has 0 heterocycles. The quantitative estimate of drug-likeness (QED) is 0.807. The molecular weight excluding hydrogens is 230 g/mol. The van der Waals surface area contributed by atoms with Crippen LogP contribution in [0, 0.1) is 0 Å². The van der Waals surface area contributed by atoms with Crippen molar-refractivity contribution in [2.75, 3.05) is 0 Å². The molecule has 1 unspecified atom stereocenters. The molecule has 0 fully saturated rings. The molecule has 0 saturated carbocycles. The lowest BCUT2D eigenvalue weighted by atomic mass is 10.2. The highest BCUT2D eigenvalue weighted by molar-refractivity contribution is 7.80. The monoisotopic (exact) mass is 243 g/mol. The molecule has 82 valence electrons. The fraction of sp³-hybridized carbons (Fsp3) is 0.364. The average Bonchev–Trinajstić information content (AvgIpc) is 2.19. The SMILES string of the molecule is CCC(CC(N)=S)Oc1ccc(Cl)cc1. The van der Waals surface area contributed by atoms with E-state index in [9.17, 15) is 0 Å². The van der Waals surface area contributed by atoms with Crippen LogP contribution >= 0.6 is 23.8 Å². The van der Waals surface area contributed by atoms with Crippen molar-refractivity contribution < 1.29 is 4.74 Å². The Kier molecular flexibility index (Phi) is 4.85. The molecular formula is C11H14ClNOS. The maximum Gasteiger partial charge on any atom is 0.119 e. The summed E-state index contributed by atoms with van der Waals surface area (Å²) in [5.41, 5.74) is 5.48. The third-order valence-corrected chi connectivity index (χ3v) is 2.42. The molecule has 0 amide bonds. The van der Waals surface area contributed by atoms with E-state index in [1.165, 1.54) is 0 Å². The second-order valence-electron chi connectivity index (χ2n) is 3.27. The molecule has 1 aromatic carbocycles. The van der Waals surface area contributed by atoms with Gasteiger partial charge in [0.1, 0.15) is 11.9 Å². The van der Waals surface area contributed by atoms with E-state index in [1.807, 2.05) is 19.1 Å². The summed E-state index contributed by atoms with van der Waals surface area (Å²) in [5.74, 6) is 0.794. The minimum atomic E-state index is 0.0451. The maximum atomic E-state index is 5.77. The normalized spacial score (nSPS) is 12.1. The molecule has 0 aromatic heterocycles. The summed E-state index contributed by atoms with van der Waals surface area (Å²) in [5, 5.41) is 0.699. The Morgan fingerprint density at radius 1 is 1.47 bits per heavy atom. The van der Waals surface area contributed by atoms with Crippen molar-refractivity contribution in [1.82, 2.24) is 0 Å². The van der Waals surface area contributed by atoms with Crippen molar-refractivity contribution in [3.05, 3.63) is 29.3 Å². The molecule has 15 heavy (non-hydrogen) atoms. The molecule has 1 rings (SSSR count). The Bertz CT molecular complexity index is 326. The summed E-state index contributed by atoms with van der Waals surface area (Å²) >= 11 is 10.6. The zero-order valence-electron chi connectivity index (χ0n) is 8.57. The molecule has 0 saturated heterocycles. The first-order valence-corrected chi connectivity index (χ1v) is 5.61. The van der Waals surface area contributed by atoms with Gasteiger partial charge in [-0.1, -0.05) is 30.7 Å². The Labute approximate surface area is 100 Å². The lowest BCUT2D eigenvalue weighted by molar-refractivity contribution is 0.205. The van der Waals surface area contributed by atoms with Gasteiger partial charge in [-0.15, -0.1) is 0 Å². The molecule has 0 aliphatic heterocycles. The summed E-state index contributed by atoms with van der Waals surface area (Å²) in [6.07, 6.45) is 1.53. The van der Waals surface area contributed by atoms with E-state index in [4.69, 9.17) is 34.3 Å². The van der Waals surface area contributed by atoms with Gasteiger partial charge in [-0.25, -0.2) is 0 Å². The Morgan fingerprint density at radius 3 is 2.53 bits per heavy atom. The summed E-state index contributed by atoms with van der Waals surface area (Å²) in [4.78, 5) is 0.482. The molecule has 0 spiro atoms. The van der Waals surface area contributed by atoms with Crippen LogP contribution in [-0.4, -0.2) is 11.1 Å². The zero-order chi connectivity index (χ0) is 11.3. The molecule has 2 N–H and O–H groups in total. The number of ether oxygens (including phenoxy) is 1. The van der Waals surface area contributed by atoms with Crippen LogP contribution in [0.2, 0.25) is 5.02 Å². The topological polar surface area (TPSA) is 35.2 Å². The largest absolute Gasteiger partial charge is 0.490 e. The van der Waals surface area contributed by atoms with E-state index >= 15 is 0 Å². The van der Waals surface area contributed by atoms with Gasteiger partial charge in [0.25, 0.3) is 0 Å². The van der Waals surface area contributed by atoms with Crippen LogP contribution in [0.1, 0.15) is 19.8 Å². The van der Waals surface area contributed by atoms with Gasteiger partial charge in [0.15, 0.2) is 0 Å². The first kappa shape index (κ1) is 12.3. The number of halogens is 1. The van der Waals surface area contributed by atoms with E-state index in [2.05, 4.69) is 0 Å². The van der Waals surface area contributed by atoms with Crippen molar-refractivity contribution in [2.45, 2.75) is 25.9 Å². The second kappa shape index (κ2) is 5.93. The maximum absolute atomic E-state index is 5.77. The van der Waals surface area contributed by atoms with E-state index in [0.717, 1.165) is 12.2 Å². The number of hydrogen-bond donors (Lipinski definition) is 1. The lowest BCUT2D eigenvalue weighted by Gasteiger charge is -2.16. The third kappa shape index (κ3) is 4.49. The molecule has 2 nitrogen and oxygen atoms in total. The highest BCUT2D eigenvalue weighted by atomic mass is 35.5. The van der Waals surface area contributed by atoms with Crippen LogP contribution < -0.4 is 10.5 Å². The molecule has 4 heteroatoms. The van der Waals surface area contributed by atoms with Gasteiger partial charge < -0.3 is 10.5 Å². The smallest absolute Gasteiger partial charge is 0.119 e. The second-order valence-corrected chi connectivity index (χ2v) is 4.23. The van der Waals surface area contributed by atoms with Crippen LogP contribution in [-0.2, 0) is 0 Å². The highest BCUT2D eigenvalue weighted by Gasteiger charge is 2.09. The number of nitrogens with two attached hydrogens (primary N) is 1. The molecule has 0 aliphatic carbocycles. The Balaban J connectivity index is 2.58. The fourth-order valence-corrected chi connectivity index (χ4v) is 1.51. The van der Waals surface area contributed by atoms with Crippen molar-refractivity contribution in [2.24, 2.45) is 5.73 Å². The van der Waals surface area contributed by atoms with Crippen molar-refractivity contribution >= 4 is 28.8 Å². The van der Waals surface area contributed by atoms with E-state index < -0.39 is 0 Å². The van der Waals surface area contributed by atoms with E-state index in [1.54, 1.807) is 12.1 Å². The Hall–Kier alpha value is -0.800. The number of rotatable bonds is 5. The lowest BCUT2D eigenvalue weighted by Crippen LogP contribution is -2.23. The molecule has 0 bridgehead atoms. The van der Waals surface area contributed by atoms with Gasteiger partial charge in [0, 0.05) is 11.4 Å². The van der Waals surface area contributed by atoms with Crippen LogP contribution in [0.4, 0.5) is 0 Å². The first-order valence-electron chi connectivity index (χ1n) is 4.82. The van der Waals surface area contributed by atoms with Crippen LogP contribution in [0.5, 0.6) is 5.75 Å². The minimum absolute atomic E-state index is 0.0451. The molecule has 0 aliphatic rings. The predicted octanol–water partition coefficient (Wildman–Crippen LogP) is 3.17. The van der Waals surface area contributed by atoms with Gasteiger partial charge in [0.2, 0.25) is 0 Å². The highest BCUT2D eigenvalue weighted by Crippen LogP contribution is 2.18. The van der Waals surface area contributed by atoms with Gasteiger partial charge in [0.05, 0.1) is 4.99 Å².